The van der Waals surface area contributed by atoms with Gasteiger partial charge in [0.15, 0.2) is 11.5 Å². The smallest absolute Gasteiger partial charge is 0.231 e. The molecular formula is C9H12ClNO2. The lowest BCUT2D eigenvalue weighted by atomic mass is 10.1. The van der Waals surface area contributed by atoms with Crippen molar-refractivity contribution in [1.29, 1.82) is 0 Å². The van der Waals surface area contributed by atoms with Crippen molar-refractivity contribution in [3.8, 4) is 11.5 Å². The molecule has 0 amide bonds. The Kier molecular flexibility index (Phi) is 3.01. The zero-order chi connectivity index (χ0) is 8.55. The molecule has 1 aliphatic rings. The SMILES string of the molecule is CC(N)c1cccc2c1OCO2.Cl. The molecule has 0 saturated carbocycles. The molecule has 0 bridgehead atoms. The first-order valence-electron chi connectivity index (χ1n) is 3.93. The average molecular weight is 202 g/mol. The Hall–Kier alpha value is -0.930. The predicted molar refractivity (Wildman–Crippen MR) is 52.4 cm³/mol. The number of hydrogen-bond acceptors (Lipinski definition) is 3. The van der Waals surface area contributed by atoms with Crippen molar-refractivity contribution in [1.82, 2.24) is 0 Å². The van der Waals surface area contributed by atoms with E-state index in [0.717, 1.165) is 17.1 Å². The summed E-state index contributed by atoms with van der Waals surface area (Å²) < 4.78 is 10.5. The van der Waals surface area contributed by atoms with Gasteiger partial charge < -0.3 is 15.2 Å². The molecule has 4 heteroatoms. The van der Waals surface area contributed by atoms with Gasteiger partial charge in [-0.15, -0.1) is 12.4 Å². The van der Waals surface area contributed by atoms with Crippen molar-refractivity contribution >= 4 is 12.4 Å². The summed E-state index contributed by atoms with van der Waals surface area (Å²) in [5, 5.41) is 0. The number of fused-ring (bicyclic) bond motifs is 1. The predicted octanol–water partition coefficient (Wildman–Crippen LogP) is 1.86. The maximum Gasteiger partial charge on any atom is 0.231 e. The van der Waals surface area contributed by atoms with Crippen LogP contribution in [0.5, 0.6) is 11.5 Å². The van der Waals surface area contributed by atoms with Crippen LogP contribution in [-0.4, -0.2) is 6.79 Å². The summed E-state index contributed by atoms with van der Waals surface area (Å²) in [6.07, 6.45) is 0. The fraction of sp³-hybridized carbons (Fsp3) is 0.333. The Morgan fingerprint density at radius 2 is 2.15 bits per heavy atom. The Bertz CT molecular complexity index is 302. The van der Waals surface area contributed by atoms with E-state index in [-0.39, 0.29) is 18.4 Å². The fourth-order valence-corrected chi connectivity index (χ4v) is 1.31. The van der Waals surface area contributed by atoms with Gasteiger partial charge in [-0.1, -0.05) is 12.1 Å². The molecule has 1 aliphatic heterocycles. The Morgan fingerprint density at radius 1 is 1.38 bits per heavy atom. The minimum Gasteiger partial charge on any atom is -0.454 e. The van der Waals surface area contributed by atoms with Crippen molar-refractivity contribution in [2.75, 3.05) is 6.79 Å². The van der Waals surface area contributed by atoms with Crippen LogP contribution in [0.4, 0.5) is 0 Å². The van der Waals surface area contributed by atoms with E-state index in [4.69, 9.17) is 15.2 Å². The van der Waals surface area contributed by atoms with Gasteiger partial charge >= 0.3 is 0 Å². The summed E-state index contributed by atoms with van der Waals surface area (Å²) in [5.41, 5.74) is 6.76. The third-order valence-electron chi connectivity index (χ3n) is 1.92. The molecule has 0 aromatic heterocycles. The summed E-state index contributed by atoms with van der Waals surface area (Å²) in [5.74, 6) is 1.59. The highest BCUT2D eigenvalue weighted by Crippen LogP contribution is 2.37. The van der Waals surface area contributed by atoms with Gasteiger partial charge in [-0.05, 0) is 13.0 Å². The van der Waals surface area contributed by atoms with Crippen LogP contribution >= 0.6 is 12.4 Å². The Morgan fingerprint density at radius 3 is 2.85 bits per heavy atom. The van der Waals surface area contributed by atoms with E-state index < -0.39 is 0 Å². The molecule has 2 rings (SSSR count). The van der Waals surface area contributed by atoms with E-state index in [0.29, 0.717) is 6.79 Å². The maximum atomic E-state index is 5.75. The molecule has 1 aromatic rings. The molecule has 1 heterocycles. The molecular weight excluding hydrogens is 190 g/mol. The summed E-state index contributed by atoms with van der Waals surface area (Å²) in [6.45, 7) is 2.23. The zero-order valence-electron chi connectivity index (χ0n) is 7.32. The van der Waals surface area contributed by atoms with Crippen LogP contribution in [0, 0.1) is 0 Å². The monoisotopic (exact) mass is 201 g/mol. The minimum atomic E-state index is -0.0124. The molecule has 1 unspecified atom stereocenters. The maximum absolute atomic E-state index is 5.75. The number of hydrogen-bond donors (Lipinski definition) is 1. The Balaban J connectivity index is 0.000000845. The lowest BCUT2D eigenvalue weighted by Crippen LogP contribution is -2.05. The minimum absolute atomic E-state index is 0. The standard InChI is InChI=1S/C9H11NO2.ClH/c1-6(10)7-3-2-4-8-9(7)12-5-11-8;/h2-4,6H,5,10H2,1H3;1H. The van der Waals surface area contributed by atoms with E-state index in [1.165, 1.54) is 0 Å². The van der Waals surface area contributed by atoms with Gasteiger partial charge in [-0.2, -0.15) is 0 Å². The second-order valence-electron chi connectivity index (χ2n) is 2.87. The van der Waals surface area contributed by atoms with Crippen molar-refractivity contribution in [3.05, 3.63) is 23.8 Å². The first kappa shape index (κ1) is 10.2. The van der Waals surface area contributed by atoms with Crippen LogP contribution in [-0.2, 0) is 0 Å². The molecule has 2 N–H and O–H groups in total. The van der Waals surface area contributed by atoms with E-state index >= 15 is 0 Å². The summed E-state index contributed by atoms with van der Waals surface area (Å²) in [4.78, 5) is 0. The molecule has 0 aliphatic carbocycles. The molecule has 13 heavy (non-hydrogen) atoms. The second-order valence-corrected chi connectivity index (χ2v) is 2.87. The largest absolute Gasteiger partial charge is 0.454 e. The number of nitrogens with two attached hydrogens (primary N) is 1. The lowest BCUT2D eigenvalue weighted by molar-refractivity contribution is 0.173. The van der Waals surface area contributed by atoms with Crippen molar-refractivity contribution in [3.63, 3.8) is 0 Å². The fourth-order valence-electron chi connectivity index (χ4n) is 1.31. The normalized spacial score (nSPS) is 14.9. The third kappa shape index (κ3) is 1.71. The summed E-state index contributed by atoms with van der Waals surface area (Å²) >= 11 is 0. The highest BCUT2D eigenvalue weighted by atomic mass is 35.5. The van der Waals surface area contributed by atoms with Gasteiger partial charge in [0.1, 0.15) is 0 Å². The number of rotatable bonds is 1. The van der Waals surface area contributed by atoms with Gasteiger partial charge in [0, 0.05) is 11.6 Å². The van der Waals surface area contributed by atoms with Gasteiger partial charge in [0.2, 0.25) is 6.79 Å². The first-order valence-corrected chi connectivity index (χ1v) is 3.93. The van der Waals surface area contributed by atoms with Crippen LogP contribution in [0.15, 0.2) is 18.2 Å². The molecule has 72 valence electrons. The van der Waals surface area contributed by atoms with Gasteiger partial charge in [-0.25, -0.2) is 0 Å². The van der Waals surface area contributed by atoms with Gasteiger partial charge in [0.25, 0.3) is 0 Å². The van der Waals surface area contributed by atoms with E-state index in [1.807, 2.05) is 25.1 Å². The number of ether oxygens (including phenoxy) is 2. The zero-order valence-corrected chi connectivity index (χ0v) is 8.14. The van der Waals surface area contributed by atoms with Crippen LogP contribution in [0.1, 0.15) is 18.5 Å². The highest BCUT2D eigenvalue weighted by molar-refractivity contribution is 5.85. The number of para-hydroxylation sites is 1. The van der Waals surface area contributed by atoms with Crippen molar-refractivity contribution in [2.45, 2.75) is 13.0 Å². The van der Waals surface area contributed by atoms with E-state index in [9.17, 15) is 0 Å². The third-order valence-corrected chi connectivity index (χ3v) is 1.92. The summed E-state index contributed by atoms with van der Waals surface area (Å²) in [7, 11) is 0. The molecule has 1 aromatic carbocycles. The quantitative estimate of drug-likeness (QED) is 0.755. The van der Waals surface area contributed by atoms with Crippen LogP contribution in [0.25, 0.3) is 0 Å². The molecule has 1 atom stereocenters. The molecule has 0 radical (unpaired) electrons. The van der Waals surface area contributed by atoms with Gasteiger partial charge in [0.05, 0.1) is 0 Å². The lowest BCUT2D eigenvalue weighted by Gasteiger charge is -2.07. The van der Waals surface area contributed by atoms with E-state index in [2.05, 4.69) is 0 Å². The van der Waals surface area contributed by atoms with E-state index in [1.54, 1.807) is 0 Å². The van der Waals surface area contributed by atoms with Crippen LogP contribution in [0.2, 0.25) is 0 Å². The highest BCUT2D eigenvalue weighted by Gasteiger charge is 2.18. The summed E-state index contributed by atoms with van der Waals surface area (Å²) in [6, 6.07) is 5.75. The second kappa shape index (κ2) is 3.85. The van der Waals surface area contributed by atoms with Crippen LogP contribution in [0.3, 0.4) is 0 Å². The first-order chi connectivity index (χ1) is 5.79. The van der Waals surface area contributed by atoms with Crippen molar-refractivity contribution < 1.29 is 9.47 Å². The van der Waals surface area contributed by atoms with Gasteiger partial charge in [-0.3, -0.25) is 0 Å². The van der Waals surface area contributed by atoms with Crippen molar-refractivity contribution in [2.24, 2.45) is 5.73 Å². The average Bonchev–Trinajstić information content (AvgIpc) is 2.49. The molecule has 0 fully saturated rings. The topological polar surface area (TPSA) is 44.5 Å². The number of halogens is 1. The molecule has 0 saturated heterocycles. The molecule has 3 nitrogen and oxygen atoms in total. The number of benzene rings is 1. The Labute approximate surface area is 83.2 Å². The molecule has 0 spiro atoms. The van der Waals surface area contributed by atoms with Crippen LogP contribution < -0.4 is 15.2 Å².